The van der Waals surface area contributed by atoms with Crippen LogP contribution < -0.4 is 0 Å². The van der Waals surface area contributed by atoms with Crippen molar-refractivity contribution in [3.05, 3.63) is 28.1 Å². The van der Waals surface area contributed by atoms with Gasteiger partial charge < -0.3 is 9.47 Å². The molecule has 0 aromatic carbocycles. The zero-order valence-corrected chi connectivity index (χ0v) is 8.76. The number of hydrogen-bond donors (Lipinski definition) is 0. The van der Waals surface area contributed by atoms with Crippen molar-refractivity contribution in [1.82, 2.24) is 0 Å². The van der Waals surface area contributed by atoms with E-state index in [1.54, 1.807) is 25.2 Å². The summed E-state index contributed by atoms with van der Waals surface area (Å²) in [5.74, 6) is 0.556. The molecule has 1 aromatic heterocycles. The van der Waals surface area contributed by atoms with Gasteiger partial charge in [-0.25, -0.2) is 4.79 Å². The highest BCUT2D eigenvalue weighted by molar-refractivity contribution is 7.08. The Labute approximate surface area is 86.0 Å². The zero-order valence-electron chi connectivity index (χ0n) is 7.94. The van der Waals surface area contributed by atoms with E-state index in [1.165, 1.54) is 0 Å². The van der Waals surface area contributed by atoms with Gasteiger partial charge in [-0.2, -0.15) is 11.3 Å². The van der Waals surface area contributed by atoms with Gasteiger partial charge in [0.05, 0.1) is 0 Å². The van der Waals surface area contributed by atoms with E-state index in [0.717, 1.165) is 5.56 Å². The molecule has 1 aromatic rings. The second kappa shape index (κ2) is 3.13. The molecule has 14 heavy (non-hydrogen) atoms. The number of carbonyl (C=O) groups is 1. The Kier molecular flexibility index (Phi) is 2.07. The van der Waals surface area contributed by atoms with E-state index < -0.39 is 11.8 Å². The molecule has 0 unspecified atom stereocenters. The molecule has 0 N–H and O–H groups in total. The van der Waals surface area contributed by atoms with Crippen molar-refractivity contribution in [3.8, 4) is 0 Å². The van der Waals surface area contributed by atoms with Gasteiger partial charge in [-0.3, -0.25) is 0 Å². The maximum absolute atomic E-state index is 10.9. The fourth-order valence-corrected chi connectivity index (χ4v) is 1.82. The predicted molar refractivity (Wildman–Crippen MR) is 53.9 cm³/mol. The van der Waals surface area contributed by atoms with Crippen molar-refractivity contribution in [1.29, 1.82) is 0 Å². The lowest BCUT2D eigenvalue weighted by molar-refractivity contribution is 0.0873. The highest BCUT2D eigenvalue weighted by Crippen LogP contribution is 2.31. The third kappa shape index (κ3) is 1.65. The molecule has 2 heterocycles. The molecule has 0 atom stereocenters. The Bertz CT molecular complexity index is 376. The van der Waals surface area contributed by atoms with Crippen LogP contribution >= 0.6 is 11.3 Å². The minimum atomic E-state index is -0.654. The van der Waals surface area contributed by atoms with Crippen LogP contribution in [-0.2, 0) is 9.47 Å². The van der Waals surface area contributed by atoms with Crippen LogP contribution in [0.3, 0.4) is 0 Å². The van der Waals surface area contributed by atoms with E-state index in [9.17, 15) is 4.79 Å². The maximum Gasteiger partial charge on any atom is 0.514 e. The summed E-state index contributed by atoms with van der Waals surface area (Å²) in [4.78, 5) is 10.9. The van der Waals surface area contributed by atoms with E-state index in [0.29, 0.717) is 5.76 Å². The molecule has 1 saturated heterocycles. The second-order valence-corrected chi connectivity index (χ2v) is 4.31. The molecule has 0 amide bonds. The van der Waals surface area contributed by atoms with Gasteiger partial charge >= 0.3 is 6.16 Å². The predicted octanol–water partition coefficient (Wildman–Crippen LogP) is 3.03. The normalized spacial score (nSPS) is 22.1. The zero-order chi connectivity index (χ0) is 10.2. The summed E-state index contributed by atoms with van der Waals surface area (Å²) in [6.45, 7) is 3.60. The summed E-state index contributed by atoms with van der Waals surface area (Å²) >= 11 is 1.60. The topological polar surface area (TPSA) is 35.5 Å². The number of ether oxygens (including phenoxy) is 2. The highest BCUT2D eigenvalue weighted by Gasteiger charge is 2.39. The average molecular weight is 210 g/mol. The van der Waals surface area contributed by atoms with E-state index >= 15 is 0 Å². The number of cyclic esters (lactones) is 2. The Hall–Kier alpha value is -1.29. The van der Waals surface area contributed by atoms with Crippen molar-refractivity contribution in [2.45, 2.75) is 19.4 Å². The molecule has 3 nitrogen and oxygen atoms in total. The largest absolute Gasteiger partial charge is 0.514 e. The van der Waals surface area contributed by atoms with Gasteiger partial charge in [-0.05, 0) is 42.3 Å². The SMILES string of the molecule is CC1(C)OC(=O)OC1=Cc1ccsc1. The van der Waals surface area contributed by atoms with Crippen LogP contribution in [0.2, 0.25) is 0 Å². The maximum atomic E-state index is 10.9. The molecular weight excluding hydrogens is 200 g/mol. The first-order valence-electron chi connectivity index (χ1n) is 4.23. The second-order valence-electron chi connectivity index (χ2n) is 3.53. The summed E-state index contributed by atoms with van der Waals surface area (Å²) in [5.41, 5.74) is 0.371. The average Bonchev–Trinajstić information content (AvgIpc) is 2.61. The summed E-state index contributed by atoms with van der Waals surface area (Å²) < 4.78 is 9.94. The third-order valence-corrected chi connectivity index (χ3v) is 2.67. The van der Waals surface area contributed by atoms with Gasteiger partial charge in [0, 0.05) is 0 Å². The van der Waals surface area contributed by atoms with Crippen LogP contribution in [0.5, 0.6) is 0 Å². The van der Waals surface area contributed by atoms with Gasteiger partial charge in [-0.15, -0.1) is 0 Å². The van der Waals surface area contributed by atoms with Gasteiger partial charge in [0.15, 0.2) is 11.4 Å². The molecule has 0 aliphatic carbocycles. The molecule has 74 valence electrons. The van der Waals surface area contributed by atoms with Crippen molar-refractivity contribution in [3.63, 3.8) is 0 Å². The number of carbonyl (C=O) groups excluding carboxylic acids is 1. The molecule has 1 aliphatic heterocycles. The molecule has 0 spiro atoms. The van der Waals surface area contributed by atoms with Crippen LogP contribution in [0.4, 0.5) is 4.79 Å². The fraction of sp³-hybridized carbons (Fsp3) is 0.300. The first-order valence-corrected chi connectivity index (χ1v) is 5.17. The minimum absolute atomic E-state index is 0.556. The Balaban J connectivity index is 2.31. The Morgan fingerprint density at radius 1 is 1.50 bits per heavy atom. The molecular formula is C10H10O3S. The standard InChI is InChI=1S/C10H10O3S/c1-10(2)8(12-9(11)13-10)5-7-3-4-14-6-7/h3-6H,1-2H3. The number of hydrogen-bond acceptors (Lipinski definition) is 4. The lowest BCUT2D eigenvalue weighted by atomic mass is 10.1. The van der Waals surface area contributed by atoms with Crippen LogP contribution in [-0.4, -0.2) is 11.8 Å². The van der Waals surface area contributed by atoms with Gasteiger partial charge in [0.2, 0.25) is 0 Å². The van der Waals surface area contributed by atoms with Crippen molar-refractivity contribution >= 4 is 23.6 Å². The molecule has 0 radical (unpaired) electrons. The minimum Gasteiger partial charge on any atom is -0.420 e. The summed E-state index contributed by atoms with van der Waals surface area (Å²) in [6.07, 6.45) is 1.19. The fourth-order valence-electron chi connectivity index (χ4n) is 1.20. The summed E-state index contributed by atoms with van der Waals surface area (Å²) in [5, 5.41) is 3.95. The van der Waals surface area contributed by atoms with Crippen LogP contribution in [0.25, 0.3) is 6.08 Å². The van der Waals surface area contributed by atoms with Gasteiger partial charge in [-0.1, -0.05) is 0 Å². The molecule has 2 rings (SSSR count). The third-order valence-electron chi connectivity index (χ3n) is 1.97. The molecule has 0 bridgehead atoms. The Morgan fingerprint density at radius 2 is 2.29 bits per heavy atom. The summed E-state index contributed by atoms with van der Waals surface area (Å²) in [7, 11) is 0. The monoisotopic (exact) mass is 210 g/mol. The van der Waals surface area contributed by atoms with E-state index in [4.69, 9.17) is 9.47 Å². The van der Waals surface area contributed by atoms with Crippen molar-refractivity contribution in [2.24, 2.45) is 0 Å². The van der Waals surface area contributed by atoms with Gasteiger partial charge in [0.1, 0.15) is 0 Å². The highest BCUT2D eigenvalue weighted by atomic mass is 32.1. The lowest BCUT2D eigenvalue weighted by Crippen LogP contribution is -2.20. The van der Waals surface area contributed by atoms with Crippen LogP contribution in [0.1, 0.15) is 19.4 Å². The smallest absolute Gasteiger partial charge is 0.420 e. The van der Waals surface area contributed by atoms with Crippen LogP contribution in [0, 0.1) is 0 Å². The molecule has 1 aliphatic rings. The van der Waals surface area contributed by atoms with E-state index in [2.05, 4.69) is 0 Å². The van der Waals surface area contributed by atoms with E-state index in [-0.39, 0.29) is 0 Å². The van der Waals surface area contributed by atoms with Crippen molar-refractivity contribution in [2.75, 3.05) is 0 Å². The van der Waals surface area contributed by atoms with Crippen molar-refractivity contribution < 1.29 is 14.3 Å². The summed E-state index contributed by atoms with van der Waals surface area (Å²) in [6, 6.07) is 1.96. The van der Waals surface area contributed by atoms with E-state index in [1.807, 2.05) is 22.9 Å². The van der Waals surface area contributed by atoms with Gasteiger partial charge in [0.25, 0.3) is 0 Å². The number of rotatable bonds is 1. The molecule has 4 heteroatoms. The quantitative estimate of drug-likeness (QED) is 0.668. The van der Waals surface area contributed by atoms with Crippen LogP contribution in [0.15, 0.2) is 22.6 Å². The first kappa shape index (κ1) is 9.27. The lowest BCUT2D eigenvalue weighted by Gasteiger charge is -2.13. The first-order chi connectivity index (χ1) is 6.58. The Morgan fingerprint density at radius 3 is 2.79 bits per heavy atom. The number of thiophene rings is 1. The molecule has 1 fully saturated rings. The molecule has 0 saturated carbocycles.